The number of aromatic amines is 1. The van der Waals surface area contributed by atoms with E-state index in [1.54, 1.807) is 17.2 Å². The topological polar surface area (TPSA) is 138 Å². The lowest BCUT2D eigenvalue weighted by Crippen LogP contribution is -2.49. The average molecular weight is 502 g/mol. The Labute approximate surface area is 215 Å². The number of benzene rings is 1. The monoisotopic (exact) mass is 501 g/mol. The van der Waals surface area contributed by atoms with Crippen LogP contribution in [0.1, 0.15) is 26.3 Å². The summed E-state index contributed by atoms with van der Waals surface area (Å²) in [7, 11) is 0. The Hall–Kier alpha value is -4.25. The van der Waals surface area contributed by atoms with Crippen molar-refractivity contribution in [2.24, 2.45) is 0 Å². The van der Waals surface area contributed by atoms with Crippen LogP contribution in [0.2, 0.25) is 0 Å². The minimum absolute atomic E-state index is 0.248. The Morgan fingerprint density at radius 3 is 2.65 bits per heavy atom. The molecule has 11 nitrogen and oxygen atoms in total. The fourth-order valence-electron chi connectivity index (χ4n) is 4.19. The van der Waals surface area contributed by atoms with Gasteiger partial charge in [-0.25, -0.2) is 24.7 Å². The third kappa shape index (κ3) is 6.12. The number of hydrogen-bond donors (Lipinski definition) is 3. The van der Waals surface area contributed by atoms with Gasteiger partial charge in [0.2, 0.25) is 5.95 Å². The van der Waals surface area contributed by atoms with Gasteiger partial charge in [0.1, 0.15) is 23.6 Å². The Balaban J connectivity index is 1.21. The molecular weight excluding hydrogens is 470 g/mol. The number of nitrogen functional groups attached to an aromatic ring is 1. The van der Waals surface area contributed by atoms with Gasteiger partial charge in [0.15, 0.2) is 0 Å². The minimum Gasteiger partial charge on any atom is -0.444 e. The first-order valence-electron chi connectivity index (χ1n) is 12.2. The van der Waals surface area contributed by atoms with Gasteiger partial charge in [0.05, 0.1) is 16.7 Å². The van der Waals surface area contributed by atoms with Gasteiger partial charge < -0.3 is 25.7 Å². The van der Waals surface area contributed by atoms with E-state index in [-0.39, 0.29) is 6.09 Å². The molecule has 4 aromatic rings. The van der Waals surface area contributed by atoms with E-state index in [1.165, 1.54) is 6.33 Å². The molecule has 3 aromatic heterocycles. The zero-order valence-electron chi connectivity index (χ0n) is 21.2. The van der Waals surface area contributed by atoms with Gasteiger partial charge in [-0.2, -0.15) is 0 Å². The lowest BCUT2D eigenvalue weighted by Gasteiger charge is -2.35. The molecule has 1 fully saturated rings. The highest BCUT2D eigenvalue weighted by Crippen LogP contribution is 2.24. The van der Waals surface area contributed by atoms with E-state index in [1.807, 2.05) is 51.1 Å². The number of aromatic nitrogens is 5. The summed E-state index contributed by atoms with van der Waals surface area (Å²) < 4.78 is 5.49. The van der Waals surface area contributed by atoms with Crippen LogP contribution in [-0.2, 0) is 11.3 Å². The first-order valence-corrected chi connectivity index (χ1v) is 12.2. The average Bonchev–Trinajstić information content (AvgIpc) is 3.25. The van der Waals surface area contributed by atoms with E-state index in [2.05, 4.69) is 35.1 Å². The highest BCUT2D eigenvalue weighted by Gasteiger charge is 2.25. The summed E-state index contributed by atoms with van der Waals surface area (Å²) in [5.41, 5.74) is 9.81. The molecule has 192 valence electrons. The number of ether oxygens (including phenoxy) is 1. The molecule has 1 aliphatic rings. The molecule has 4 heterocycles. The summed E-state index contributed by atoms with van der Waals surface area (Å²) in [5, 5.41) is 3.27. The summed E-state index contributed by atoms with van der Waals surface area (Å²) in [5.74, 6) is 1.73. The number of nitrogens with two attached hydrogens (primary N) is 1. The number of amides is 1. The van der Waals surface area contributed by atoms with E-state index in [0.717, 1.165) is 47.5 Å². The van der Waals surface area contributed by atoms with Gasteiger partial charge in [-0.15, -0.1) is 0 Å². The van der Waals surface area contributed by atoms with Crippen molar-refractivity contribution in [3.63, 3.8) is 0 Å². The number of carbonyl (C=O) groups excluding carboxylic acids is 1. The lowest BCUT2D eigenvalue weighted by molar-refractivity contribution is 0.0139. The molecule has 0 saturated carbocycles. The summed E-state index contributed by atoms with van der Waals surface area (Å²) in [4.78, 5) is 37.0. The van der Waals surface area contributed by atoms with Crippen LogP contribution in [0.15, 0.2) is 48.9 Å². The van der Waals surface area contributed by atoms with Gasteiger partial charge in [0.25, 0.3) is 0 Å². The number of H-pyrrole nitrogens is 1. The van der Waals surface area contributed by atoms with Crippen LogP contribution in [0.4, 0.5) is 22.4 Å². The van der Waals surface area contributed by atoms with Crippen LogP contribution in [0.5, 0.6) is 0 Å². The van der Waals surface area contributed by atoms with Crippen LogP contribution in [-0.4, -0.2) is 72.6 Å². The van der Waals surface area contributed by atoms with Gasteiger partial charge in [-0.3, -0.25) is 4.90 Å². The molecule has 4 N–H and O–H groups in total. The number of rotatable bonds is 5. The highest BCUT2D eigenvalue weighted by molar-refractivity contribution is 5.83. The molecule has 0 unspecified atom stereocenters. The molecule has 1 aliphatic heterocycles. The maximum absolute atomic E-state index is 12.3. The van der Waals surface area contributed by atoms with Gasteiger partial charge >= 0.3 is 6.09 Å². The molecule has 37 heavy (non-hydrogen) atoms. The smallest absolute Gasteiger partial charge is 0.410 e. The Kier molecular flexibility index (Phi) is 6.62. The van der Waals surface area contributed by atoms with Crippen LogP contribution >= 0.6 is 0 Å². The number of fused-ring (bicyclic) bond motifs is 1. The predicted molar refractivity (Wildman–Crippen MR) is 142 cm³/mol. The van der Waals surface area contributed by atoms with Crippen molar-refractivity contribution >= 4 is 34.7 Å². The zero-order chi connectivity index (χ0) is 26.0. The van der Waals surface area contributed by atoms with Crippen molar-refractivity contribution in [2.45, 2.75) is 32.9 Å². The molecule has 11 heteroatoms. The van der Waals surface area contributed by atoms with Crippen molar-refractivity contribution in [1.29, 1.82) is 0 Å². The first kappa shape index (κ1) is 24.4. The second kappa shape index (κ2) is 10.0. The van der Waals surface area contributed by atoms with Crippen LogP contribution < -0.4 is 11.1 Å². The molecule has 0 atom stereocenters. The van der Waals surface area contributed by atoms with E-state index in [0.29, 0.717) is 30.7 Å². The third-order valence-electron chi connectivity index (χ3n) is 5.97. The third-order valence-corrected chi connectivity index (χ3v) is 5.97. The summed E-state index contributed by atoms with van der Waals surface area (Å²) in [6.07, 6.45) is 2.99. The van der Waals surface area contributed by atoms with Crippen LogP contribution in [0.3, 0.4) is 0 Å². The number of carbonyl (C=O) groups is 1. The maximum atomic E-state index is 12.3. The number of hydrogen-bond acceptors (Lipinski definition) is 9. The Morgan fingerprint density at radius 2 is 1.89 bits per heavy atom. The van der Waals surface area contributed by atoms with E-state index >= 15 is 0 Å². The number of pyridine rings is 1. The first-order chi connectivity index (χ1) is 17.7. The van der Waals surface area contributed by atoms with Crippen molar-refractivity contribution in [1.82, 2.24) is 34.7 Å². The molecule has 1 amide bonds. The highest BCUT2D eigenvalue weighted by atomic mass is 16.6. The van der Waals surface area contributed by atoms with Crippen LogP contribution in [0.25, 0.3) is 22.3 Å². The number of nitrogens with one attached hydrogen (secondary N) is 2. The number of imidazole rings is 1. The standard InChI is InChI=1S/C26H31N9O2/c1-26(2,3)37-25(36)35-10-8-34(9-11-35)15-17-6-7-28-23(12-17)33-24-31-19-5-4-18(13-21(19)32-24)20-14-22(27)30-16-29-20/h4-7,12-14,16H,8-11,15H2,1-3H3,(H2,27,29,30)(H2,28,31,32,33). The molecule has 0 bridgehead atoms. The molecule has 1 saturated heterocycles. The maximum Gasteiger partial charge on any atom is 0.410 e. The van der Waals surface area contributed by atoms with Gasteiger partial charge in [0, 0.05) is 50.6 Å². The summed E-state index contributed by atoms with van der Waals surface area (Å²) >= 11 is 0. The van der Waals surface area contributed by atoms with Gasteiger partial charge in [-0.1, -0.05) is 6.07 Å². The fraction of sp³-hybridized carbons (Fsp3) is 0.346. The molecule has 5 rings (SSSR count). The quantitative estimate of drug-likeness (QED) is 0.373. The van der Waals surface area contributed by atoms with Crippen molar-refractivity contribution in [3.8, 4) is 11.3 Å². The van der Waals surface area contributed by atoms with E-state index < -0.39 is 5.60 Å². The Morgan fingerprint density at radius 1 is 1.08 bits per heavy atom. The Bertz CT molecular complexity index is 1400. The normalized spacial score (nSPS) is 14.6. The number of nitrogens with zero attached hydrogens (tertiary/aromatic N) is 6. The summed E-state index contributed by atoms with van der Waals surface area (Å²) in [6, 6.07) is 11.6. The second-order valence-electron chi connectivity index (χ2n) is 10.1. The van der Waals surface area contributed by atoms with Gasteiger partial charge in [-0.05, 0) is 50.6 Å². The van der Waals surface area contributed by atoms with Crippen molar-refractivity contribution in [3.05, 3.63) is 54.5 Å². The number of piperazine rings is 1. The number of anilines is 3. The van der Waals surface area contributed by atoms with Crippen molar-refractivity contribution in [2.75, 3.05) is 37.2 Å². The van der Waals surface area contributed by atoms with E-state index in [9.17, 15) is 4.79 Å². The fourth-order valence-corrected chi connectivity index (χ4v) is 4.19. The second-order valence-corrected chi connectivity index (χ2v) is 10.1. The van der Waals surface area contributed by atoms with Crippen LogP contribution in [0, 0.1) is 0 Å². The molecule has 0 spiro atoms. The largest absolute Gasteiger partial charge is 0.444 e. The zero-order valence-corrected chi connectivity index (χ0v) is 21.2. The van der Waals surface area contributed by atoms with Crippen molar-refractivity contribution < 1.29 is 9.53 Å². The lowest BCUT2D eigenvalue weighted by atomic mass is 10.1. The molecular formula is C26H31N9O2. The predicted octanol–water partition coefficient (Wildman–Crippen LogP) is 3.79. The molecule has 0 aliphatic carbocycles. The molecule has 1 aromatic carbocycles. The SMILES string of the molecule is CC(C)(C)OC(=O)N1CCN(Cc2ccnc(Nc3nc4ccc(-c5cc(N)ncn5)cc4[nH]3)c2)CC1. The summed E-state index contributed by atoms with van der Waals surface area (Å²) in [6.45, 7) is 9.29. The minimum atomic E-state index is -0.484. The van der Waals surface area contributed by atoms with E-state index in [4.69, 9.17) is 10.5 Å². The molecule has 0 radical (unpaired) electrons.